The lowest BCUT2D eigenvalue weighted by molar-refractivity contribution is 0.123. The van der Waals surface area contributed by atoms with Crippen molar-refractivity contribution in [1.29, 1.82) is 0 Å². The number of carbonyl (C=O) groups excluding carboxylic acids is 1. The standard InChI is InChI=1S/C14H20ClNO2S/c1-4-8-19-10-16(14(17)18-11(2)3)13-7-5-6-12(15)9-13/h5-7,9,11H,4,8,10H2,1-3H3. The van der Waals surface area contributed by atoms with Crippen molar-refractivity contribution >= 4 is 35.1 Å². The molecule has 5 heteroatoms. The van der Waals surface area contributed by atoms with E-state index in [4.69, 9.17) is 16.3 Å². The lowest BCUT2D eigenvalue weighted by atomic mass is 10.3. The molecule has 0 bridgehead atoms. The van der Waals surface area contributed by atoms with Crippen LogP contribution in [0.25, 0.3) is 0 Å². The third-order valence-corrected chi connectivity index (χ3v) is 3.62. The van der Waals surface area contributed by atoms with Gasteiger partial charge in [-0.25, -0.2) is 4.79 Å². The summed E-state index contributed by atoms with van der Waals surface area (Å²) >= 11 is 7.67. The van der Waals surface area contributed by atoms with Crippen LogP contribution in [0.15, 0.2) is 24.3 Å². The van der Waals surface area contributed by atoms with Crippen molar-refractivity contribution in [2.45, 2.75) is 33.3 Å². The third-order valence-electron chi connectivity index (χ3n) is 2.25. The van der Waals surface area contributed by atoms with Crippen LogP contribution in [0.5, 0.6) is 0 Å². The molecule has 1 rings (SSSR count). The summed E-state index contributed by atoms with van der Waals surface area (Å²) in [5.41, 5.74) is 0.766. The molecule has 0 N–H and O–H groups in total. The summed E-state index contributed by atoms with van der Waals surface area (Å²) in [7, 11) is 0. The fourth-order valence-corrected chi connectivity index (χ4v) is 2.48. The van der Waals surface area contributed by atoms with Crippen LogP contribution >= 0.6 is 23.4 Å². The van der Waals surface area contributed by atoms with E-state index in [9.17, 15) is 4.79 Å². The van der Waals surface area contributed by atoms with E-state index < -0.39 is 0 Å². The molecule has 1 amide bonds. The van der Waals surface area contributed by atoms with Crippen LogP contribution in [0, 0.1) is 0 Å². The van der Waals surface area contributed by atoms with E-state index in [1.54, 1.807) is 28.8 Å². The molecule has 0 radical (unpaired) electrons. The van der Waals surface area contributed by atoms with Crippen LogP contribution in [0.3, 0.4) is 0 Å². The van der Waals surface area contributed by atoms with E-state index in [-0.39, 0.29) is 12.2 Å². The average molecular weight is 302 g/mol. The summed E-state index contributed by atoms with van der Waals surface area (Å²) in [4.78, 5) is 13.7. The summed E-state index contributed by atoms with van der Waals surface area (Å²) < 4.78 is 5.27. The highest BCUT2D eigenvalue weighted by Crippen LogP contribution is 2.22. The number of ether oxygens (including phenoxy) is 1. The molecule has 3 nitrogen and oxygen atoms in total. The van der Waals surface area contributed by atoms with Gasteiger partial charge in [0, 0.05) is 10.7 Å². The van der Waals surface area contributed by atoms with Crippen LogP contribution < -0.4 is 4.90 Å². The summed E-state index contributed by atoms with van der Waals surface area (Å²) in [5, 5.41) is 0.611. The number of benzene rings is 1. The Morgan fingerprint density at radius 2 is 2.21 bits per heavy atom. The van der Waals surface area contributed by atoms with Gasteiger partial charge in [-0.1, -0.05) is 24.6 Å². The SMILES string of the molecule is CCCSCN(C(=O)OC(C)C)c1cccc(Cl)c1. The van der Waals surface area contributed by atoms with Gasteiger partial charge in [0.1, 0.15) is 0 Å². The van der Waals surface area contributed by atoms with Crippen LogP contribution in [-0.4, -0.2) is 23.8 Å². The number of thioether (sulfide) groups is 1. The molecular formula is C14H20ClNO2S. The summed E-state index contributed by atoms with van der Waals surface area (Å²) in [5.74, 6) is 1.58. The molecule has 19 heavy (non-hydrogen) atoms. The van der Waals surface area contributed by atoms with Crippen molar-refractivity contribution in [3.63, 3.8) is 0 Å². The number of hydrogen-bond acceptors (Lipinski definition) is 3. The highest BCUT2D eigenvalue weighted by Gasteiger charge is 2.18. The Bertz CT molecular complexity index is 412. The first-order valence-electron chi connectivity index (χ1n) is 6.36. The summed E-state index contributed by atoms with van der Waals surface area (Å²) in [6.07, 6.45) is 0.610. The van der Waals surface area contributed by atoms with Gasteiger partial charge in [0.05, 0.1) is 12.0 Å². The highest BCUT2D eigenvalue weighted by atomic mass is 35.5. The van der Waals surface area contributed by atoms with Crippen molar-refractivity contribution in [3.05, 3.63) is 29.3 Å². The Kier molecular flexibility index (Phi) is 7.10. The van der Waals surface area contributed by atoms with Crippen molar-refractivity contribution in [3.8, 4) is 0 Å². The Morgan fingerprint density at radius 3 is 2.79 bits per heavy atom. The maximum Gasteiger partial charge on any atom is 0.415 e. The zero-order chi connectivity index (χ0) is 14.3. The highest BCUT2D eigenvalue weighted by molar-refractivity contribution is 7.99. The fourth-order valence-electron chi connectivity index (χ4n) is 1.44. The van der Waals surface area contributed by atoms with E-state index in [1.807, 2.05) is 26.0 Å². The molecule has 1 aromatic carbocycles. The second-order valence-corrected chi connectivity index (χ2v) is 5.89. The van der Waals surface area contributed by atoms with E-state index in [0.717, 1.165) is 17.9 Å². The zero-order valence-corrected chi connectivity index (χ0v) is 13.1. The van der Waals surface area contributed by atoms with Gasteiger partial charge in [0.25, 0.3) is 0 Å². The largest absolute Gasteiger partial charge is 0.446 e. The molecule has 0 spiro atoms. The molecule has 0 atom stereocenters. The minimum absolute atomic E-state index is 0.134. The van der Waals surface area contributed by atoms with Gasteiger partial charge in [-0.2, -0.15) is 0 Å². The smallest absolute Gasteiger partial charge is 0.415 e. The Labute approximate surface area is 124 Å². The van der Waals surface area contributed by atoms with Crippen LogP contribution in [0.4, 0.5) is 10.5 Å². The van der Waals surface area contributed by atoms with Gasteiger partial charge in [-0.3, -0.25) is 4.90 Å². The normalized spacial score (nSPS) is 10.6. The molecule has 0 aliphatic rings. The maximum absolute atomic E-state index is 12.1. The molecule has 0 aliphatic carbocycles. The first-order valence-corrected chi connectivity index (χ1v) is 7.89. The summed E-state index contributed by atoms with van der Waals surface area (Å²) in [6.45, 7) is 5.80. The Balaban J connectivity index is 2.82. The number of halogens is 1. The molecule has 106 valence electrons. The van der Waals surface area contributed by atoms with Gasteiger partial charge >= 0.3 is 6.09 Å². The van der Waals surface area contributed by atoms with Gasteiger partial charge in [-0.05, 0) is 44.2 Å². The Morgan fingerprint density at radius 1 is 1.47 bits per heavy atom. The first-order chi connectivity index (χ1) is 9.04. The van der Waals surface area contributed by atoms with Gasteiger partial charge in [0.15, 0.2) is 0 Å². The van der Waals surface area contributed by atoms with Crippen LogP contribution in [0.2, 0.25) is 5.02 Å². The van der Waals surface area contributed by atoms with Gasteiger partial charge in [0.2, 0.25) is 0 Å². The molecule has 0 saturated heterocycles. The quantitative estimate of drug-likeness (QED) is 0.559. The molecule has 0 unspecified atom stereocenters. The first kappa shape index (κ1) is 16.2. The number of hydrogen-bond donors (Lipinski definition) is 0. The topological polar surface area (TPSA) is 29.5 Å². The van der Waals surface area contributed by atoms with Crippen molar-refractivity contribution < 1.29 is 9.53 Å². The minimum atomic E-state index is -0.333. The minimum Gasteiger partial charge on any atom is -0.446 e. The van der Waals surface area contributed by atoms with Crippen LogP contribution in [0.1, 0.15) is 27.2 Å². The lowest BCUT2D eigenvalue weighted by Crippen LogP contribution is -2.33. The monoisotopic (exact) mass is 301 g/mol. The predicted octanol–water partition coefficient (Wildman–Crippen LogP) is 4.79. The molecular weight excluding hydrogens is 282 g/mol. The van der Waals surface area contributed by atoms with E-state index >= 15 is 0 Å². The van der Waals surface area contributed by atoms with E-state index in [0.29, 0.717) is 10.9 Å². The number of amides is 1. The molecule has 0 aliphatic heterocycles. The number of rotatable bonds is 6. The van der Waals surface area contributed by atoms with Gasteiger partial charge < -0.3 is 4.74 Å². The Hall–Kier alpha value is -0.870. The zero-order valence-electron chi connectivity index (χ0n) is 11.6. The van der Waals surface area contributed by atoms with Crippen LogP contribution in [-0.2, 0) is 4.74 Å². The second-order valence-electron chi connectivity index (χ2n) is 4.38. The van der Waals surface area contributed by atoms with Crippen molar-refractivity contribution in [2.24, 2.45) is 0 Å². The third kappa shape index (κ3) is 5.74. The van der Waals surface area contributed by atoms with Crippen molar-refractivity contribution in [2.75, 3.05) is 16.5 Å². The van der Waals surface area contributed by atoms with Gasteiger partial charge in [-0.15, -0.1) is 11.8 Å². The number of nitrogens with zero attached hydrogens (tertiary/aromatic N) is 1. The number of carbonyl (C=O) groups is 1. The lowest BCUT2D eigenvalue weighted by Gasteiger charge is -2.23. The fraction of sp³-hybridized carbons (Fsp3) is 0.500. The average Bonchev–Trinajstić information content (AvgIpc) is 2.33. The molecule has 0 heterocycles. The molecule has 0 saturated carbocycles. The molecule has 0 fully saturated rings. The predicted molar refractivity (Wildman–Crippen MR) is 83.2 cm³/mol. The molecule has 0 aromatic heterocycles. The van der Waals surface area contributed by atoms with E-state index in [1.165, 1.54) is 0 Å². The molecule has 1 aromatic rings. The second kappa shape index (κ2) is 8.33. The maximum atomic E-state index is 12.1. The number of anilines is 1. The van der Waals surface area contributed by atoms with E-state index in [2.05, 4.69) is 6.92 Å². The van der Waals surface area contributed by atoms with Crippen molar-refractivity contribution in [1.82, 2.24) is 0 Å². The summed E-state index contributed by atoms with van der Waals surface area (Å²) in [6, 6.07) is 7.25.